The van der Waals surface area contributed by atoms with Crippen LogP contribution in [-0.4, -0.2) is 45.9 Å². The second-order valence-electron chi connectivity index (χ2n) is 6.23. The molecule has 0 unspecified atom stereocenters. The van der Waals surface area contributed by atoms with E-state index in [1.165, 1.54) is 32.4 Å². The maximum Gasteiger partial charge on any atom is 0.416 e. The summed E-state index contributed by atoms with van der Waals surface area (Å²) in [5, 5.41) is 2.52. The lowest BCUT2D eigenvalue weighted by atomic mass is 10.2. The SMILES string of the molecule is C=CCN(CC(=O)Nc1ccc(OC)c(OC)c1)S(=O)(=O)c1cccc(C(F)(F)F)c1. The molecule has 0 atom stereocenters. The van der Waals surface area contributed by atoms with E-state index >= 15 is 0 Å². The molecule has 2 rings (SSSR count). The Labute approximate surface area is 178 Å². The normalized spacial score (nSPS) is 11.8. The van der Waals surface area contributed by atoms with Gasteiger partial charge in [0.1, 0.15) is 0 Å². The van der Waals surface area contributed by atoms with E-state index in [1.54, 1.807) is 6.07 Å². The van der Waals surface area contributed by atoms with Crippen molar-refractivity contribution in [3.8, 4) is 11.5 Å². The number of halogens is 3. The zero-order valence-electron chi connectivity index (χ0n) is 16.8. The van der Waals surface area contributed by atoms with Crippen LogP contribution in [0.5, 0.6) is 11.5 Å². The van der Waals surface area contributed by atoms with Gasteiger partial charge in [-0.3, -0.25) is 4.79 Å². The van der Waals surface area contributed by atoms with Crippen molar-refractivity contribution in [2.45, 2.75) is 11.1 Å². The number of methoxy groups -OCH3 is 2. The quantitative estimate of drug-likeness (QED) is 0.581. The van der Waals surface area contributed by atoms with Crippen molar-refractivity contribution in [2.75, 3.05) is 32.6 Å². The molecule has 0 aliphatic rings. The molecule has 0 fully saturated rings. The highest BCUT2D eigenvalue weighted by Gasteiger charge is 2.33. The van der Waals surface area contributed by atoms with E-state index in [9.17, 15) is 26.4 Å². The summed E-state index contributed by atoms with van der Waals surface area (Å²) in [5.41, 5.74) is -0.792. The number of carbonyl (C=O) groups is 1. The van der Waals surface area contributed by atoms with E-state index in [4.69, 9.17) is 9.47 Å². The third-order valence-electron chi connectivity index (χ3n) is 4.12. The molecule has 1 N–H and O–H groups in total. The molecule has 168 valence electrons. The Morgan fingerprint density at radius 3 is 2.39 bits per heavy atom. The maximum absolute atomic E-state index is 13.0. The summed E-state index contributed by atoms with van der Waals surface area (Å²) < 4.78 is 75.6. The Morgan fingerprint density at radius 2 is 1.81 bits per heavy atom. The summed E-state index contributed by atoms with van der Waals surface area (Å²) >= 11 is 0. The van der Waals surface area contributed by atoms with Gasteiger partial charge < -0.3 is 14.8 Å². The van der Waals surface area contributed by atoms with Gasteiger partial charge in [0.05, 0.1) is 31.2 Å². The lowest BCUT2D eigenvalue weighted by Gasteiger charge is -2.21. The summed E-state index contributed by atoms with van der Waals surface area (Å²) in [7, 11) is -1.54. The molecule has 0 heterocycles. The molecule has 0 aliphatic carbocycles. The largest absolute Gasteiger partial charge is 0.493 e. The number of hydrogen-bond acceptors (Lipinski definition) is 5. The van der Waals surface area contributed by atoms with Gasteiger partial charge in [-0.2, -0.15) is 17.5 Å². The first kappa shape index (κ1) is 24.2. The van der Waals surface area contributed by atoms with Gasteiger partial charge in [0.25, 0.3) is 0 Å². The third-order valence-corrected chi connectivity index (χ3v) is 5.93. The molecule has 0 radical (unpaired) electrons. The summed E-state index contributed by atoms with van der Waals surface area (Å²) in [6, 6.07) is 7.88. The van der Waals surface area contributed by atoms with Crippen molar-refractivity contribution >= 4 is 21.6 Å². The molecule has 0 bridgehead atoms. The van der Waals surface area contributed by atoms with Gasteiger partial charge in [0.15, 0.2) is 11.5 Å². The number of nitrogens with one attached hydrogen (secondary N) is 1. The van der Waals surface area contributed by atoms with Crippen LogP contribution in [0.2, 0.25) is 0 Å². The zero-order valence-corrected chi connectivity index (χ0v) is 17.6. The molecule has 0 aliphatic heterocycles. The van der Waals surface area contributed by atoms with Crippen molar-refractivity contribution in [2.24, 2.45) is 0 Å². The molecule has 2 aromatic carbocycles. The Kier molecular flexibility index (Phi) is 7.69. The van der Waals surface area contributed by atoms with E-state index in [0.29, 0.717) is 23.3 Å². The summed E-state index contributed by atoms with van der Waals surface area (Å²) in [4.78, 5) is 11.9. The predicted octanol–water partition coefficient (Wildman–Crippen LogP) is 3.54. The Hall–Kier alpha value is -3.05. The van der Waals surface area contributed by atoms with Gasteiger partial charge in [-0.05, 0) is 30.3 Å². The summed E-state index contributed by atoms with van der Waals surface area (Å²) in [5.74, 6) is 0.0744. The van der Waals surface area contributed by atoms with Crippen LogP contribution >= 0.6 is 0 Å². The molecular formula is C20H21F3N2O5S. The molecule has 0 saturated heterocycles. The van der Waals surface area contributed by atoms with Gasteiger partial charge in [0.2, 0.25) is 15.9 Å². The van der Waals surface area contributed by atoms with E-state index in [0.717, 1.165) is 22.5 Å². The van der Waals surface area contributed by atoms with Crippen molar-refractivity contribution in [3.63, 3.8) is 0 Å². The van der Waals surface area contributed by atoms with E-state index in [-0.39, 0.29) is 6.54 Å². The molecule has 0 saturated carbocycles. The predicted molar refractivity (Wildman–Crippen MR) is 109 cm³/mol. The Balaban J connectivity index is 2.26. The highest BCUT2D eigenvalue weighted by molar-refractivity contribution is 7.89. The van der Waals surface area contributed by atoms with Crippen LogP contribution in [0.3, 0.4) is 0 Å². The van der Waals surface area contributed by atoms with E-state index in [2.05, 4.69) is 11.9 Å². The number of carbonyl (C=O) groups excluding carboxylic acids is 1. The summed E-state index contributed by atoms with van der Waals surface area (Å²) in [6.07, 6.45) is -3.48. The van der Waals surface area contributed by atoms with Crippen LogP contribution in [0.25, 0.3) is 0 Å². The van der Waals surface area contributed by atoms with Gasteiger partial charge in [-0.1, -0.05) is 12.1 Å². The molecule has 7 nitrogen and oxygen atoms in total. The topological polar surface area (TPSA) is 84.9 Å². The standard InChI is InChI=1S/C20H21F3N2O5S/c1-4-10-25(31(27,28)16-7-5-6-14(11-16)20(21,22)23)13-19(26)24-15-8-9-17(29-2)18(12-15)30-3/h4-9,11-12H,1,10,13H2,2-3H3,(H,24,26). The monoisotopic (exact) mass is 458 g/mol. The third kappa shape index (κ3) is 5.98. The van der Waals surface area contributed by atoms with Gasteiger partial charge in [-0.25, -0.2) is 8.42 Å². The Bertz CT molecular complexity index is 1060. The highest BCUT2D eigenvalue weighted by atomic mass is 32.2. The molecule has 2 aromatic rings. The number of nitrogens with zero attached hydrogens (tertiary/aromatic N) is 1. The number of rotatable bonds is 9. The van der Waals surface area contributed by atoms with Crippen molar-refractivity contribution in [1.29, 1.82) is 0 Å². The minimum atomic E-state index is -4.71. The average Bonchev–Trinajstić information content (AvgIpc) is 2.72. The van der Waals surface area contributed by atoms with Crippen LogP contribution in [0.15, 0.2) is 60.0 Å². The van der Waals surface area contributed by atoms with Gasteiger partial charge >= 0.3 is 6.18 Å². The number of alkyl halides is 3. The van der Waals surface area contributed by atoms with Gasteiger partial charge in [-0.15, -0.1) is 6.58 Å². The van der Waals surface area contributed by atoms with Crippen LogP contribution in [0, 0.1) is 0 Å². The number of sulfonamides is 1. The number of benzene rings is 2. The smallest absolute Gasteiger partial charge is 0.416 e. The van der Waals surface area contributed by atoms with Gasteiger partial charge in [0, 0.05) is 18.3 Å². The molecule has 31 heavy (non-hydrogen) atoms. The molecule has 0 aromatic heterocycles. The molecule has 11 heteroatoms. The first-order valence-electron chi connectivity index (χ1n) is 8.83. The first-order chi connectivity index (χ1) is 14.5. The fourth-order valence-electron chi connectivity index (χ4n) is 2.65. The minimum Gasteiger partial charge on any atom is -0.493 e. The van der Waals surface area contributed by atoms with Crippen LogP contribution in [0.4, 0.5) is 18.9 Å². The maximum atomic E-state index is 13.0. The van der Waals surface area contributed by atoms with Crippen molar-refractivity contribution < 1.29 is 35.9 Å². The average molecular weight is 458 g/mol. The van der Waals surface area contributed by atoms with Crippen molar-refractivity contribution in [1.82, 2.24) is 4.31 Å². The number of ether oxygens (including phenoxy) is 2. The first-order valence-corrected chi connectivity index (χ1v) is 10.3. The molecular weight excluding hydrogens is 437 g/mol. The summed E-state index contributed by atoms with van der Waals surface area (Å²) in [6.45, 7) is 2.53. The number of hydrogen-bond donors (Lipinski definition) is 1. The van der Waals surface area contributed by atoms with Crippen LogP contribution in [0.1, 0.15) is 5.56 Å². The van der Waals surface area contributed by atoms with E-state index in [1.807, 2.05) is 0 Å². The van der Waals surface area contributed by atoms with Crippen molar-refractivity contribution in [3.05, 3.63) is 60.7 Å². The lowest BCUT2D eigenvalue weighted by molar-refractivity contribution is -0.137. The van der Waals surface area contributed by atoms with Crippen LogP contribution < -0.4 is 14.8 Å². The number of anilines is 1. The fourth-order valence-corrected chi connectivity index (χ4v) is 4.06. The lowest BCUT2D eigenvalue weighted by Crippen LogP contribution is -2.38. The van der Waals surface area contributed by atoms with E-state index < -0.39 is 39.1 Å². The molecule has 0 spiro atoms. The molecule has 1 amide bonds. The zero-order chi connectivity index (χ0) is 23.2. The highest BCUT2D eigenvalue weighted by Crippen LogP contribution is 2.31. The second kappa shape index (κ2) is 9.84. The van der Waals surface area contributed by atoms with Crippen LogP contribution in [-0.2, 0) is 21.0 Å². The fraction of sp³-hybridized carbons (Fsp3) is 0.250. The second-order valence-corrected chi connectivity index (χ2v) is 8.17. The minimum absolute atomic E-state index is 0.280. The Morgan fingerprint density at radius 1 is 1.13 bits per heavy atom. The number of amides is 1.